The SMILES string of the molecule is O=c1cc(-c2ccccc2)oc2cc(O)c(O)c(OCOP(=O)(O)O)c12. The summed E-state index contributed by atoms with van der Waals surface area (Å²) in [6, 6.07) is 10.9. The lowest BCUT2D eigenvalue weighted by Gasteiger charge is -2.12. The molecule has 0 saturated heterocycles. The maximum absolute atomic E-state index is 12.5. The highest BCUT2D eigenvalue weighted by atomic mass is 31.2. The first-order chi connectivity index (χ1) is 12.3. The molecular formula is C16H13O9P. The minimum atomic E-state index is -4.82. The molecule has 3 aromatic rings. The van der Waals surface area contributed by atoms with Gasteiger partial charge in [0.1, 0.15) is 16.7 Å². The van der Waals surface area contributed by atoms with Crippen molar-refractivity contribution in [2.45, 2.75) is 0 Å². The molecule has 2 aromatic carbocycles. The molecule has 0 unspecified atom stereocenters. The van der Waals surface area contributed by atoms with Crippen molar-refractivity contribution in [3.63, 3.8) is 0 Å². The summed E-state index contributed by atoms with van der Waals surface area (Å²) in [5.74, 6) is -1.71. The van der Waals surface area contributed by atoms with E-state index in [2.05, 4.69) is 4.52 Å². The van der Waals surface area contributed by atoms with E-state index in [9.17, 15) is 19.6 Å². The van der Waals surface area contributed by atoms with Crippen molar-refractivity contribution < 1.29 is 38.2 Å². The number of ether oxygens (including phenoxy) is 1. The monoisotopic (exact) mass is 380 g/mol. The Morgan fingerprint density at radius 3 is 2.42 bits per heavy atom. The van der Waals surface area contributed by atoms with Crippen LogP contribution in [-0.2, 0) is 9.09 Å². The topological polar surface area (TPSA) is 147 Å². The van der Waals surface area contributed by atoms with E-state index in [0.717, 1.165) is 6.07 Å². The van der Waals surface area contributed by atoms with Gasteiger partial charge in [-0.3, -0.25) is 4.79 Å². The van der Waals surface area contributed by atoms with Gasteiger partial charge in [0, 0.05) is 17.7 Å². The van der Waals surface area contributed by atoms with Crippen molar-refractivity contribution in [3.8, 4) is 28.6 Å². The van der Waals surface area contributed by atoms with Crippen molar-refractivity contribution in [1.82, 2.24) is 0 Å². The quantitative estimate of drug-likeness (QED) is 0.297. The molecular weight excluding hydrogens is 367 g/mol. The summed E-state index contributed by atoms with van der Waals surface area (Å²) in [6.45, 7) is -0.962. The lowest BCUT2D eigenvalue weighted by molar-refractivity contribution is 0.0815. The Labute approximate surface area is 145 Å². The number of hydrogen-bond acceptors (Lipinski definition) is 7. The van der Waals surface area contributed by atoms with Gasteiger partial charge in [-0.2, -0.15) is 0 Å². The Morgan fingerprint density at radius 1 is 1.08 bits per heavy atom. The molecule has 9 nitrogen and oxygen atoms in total. The maximum Gasteiger partial charge on any atom is 0.472 e. The van der Waals surface area contributed by atoms with Crippen molar-refractivity contribution in [1.29, 1.82) is 0 Å². The lowest BCUT2D eigenvalue weighted by atomic mass is 10.1. The second kappa shape index (κ2) is 6.81. The molecule has 0 aliphatic heterocycles. The Bertz CT molecular complexity index is 1050. The highest BCUT2D eigenvalue weighted by molar-refractivity contribution is 7.46. The van der Waals surface area contributed by atoms with E-state index in [1.54, 1.807) is 30.3 Å². The molecule has 0 aliphatic rings. The van der Waals surface area contributed by atoms with Crippen LogP contribution in [-0.4, -0.2) is 26.8 Å². The van der Waals surface area contributed by atoms with Crippen molar-refractivity contribution >= 4 is 18.8 Å². The second-order valence-electron chi connectivity index (χ2n) is 5.17. The molecule has 3 rings (SSSR count). The van der Waals surface area contributed by atoms with E-state index in [4.69, 9.17) is 18.9 Å². The molecule has 0 aliphatic carbocycles. The van der Waals surface area contributed by atoms with Crippen LogP contribution in [0.15, 0.2) is 51.7 Å². The number of phosphoric acid groups is 1. The third-order valence-corrected chi connectivity index (χ3v) is 3.85. The third kappa shape index (κ3) is 3.71. The van der Waals surface area contributed by atoms with E-state index in [0.29, 0.717) is 5.56 Å². The van der Waals surface area contributed by atoms with E-state index in [1.807, 2.05) is 0 Å². The van der Waals surface area contributed by atoms with Gasteiger partial charge in [-0.1, -0.05) is 30.3 Å². The predicted molar refractivity (Wildman–Crippen MR) is 89.9 cm³/mol. The summed E-state index contributed by atoms with van der Waals surface area (Å²) < 4.78 is 25.4. The maximum atomic E-state index is 12.5. The molecule has 1 heterocycles. The number of rotatable bonds is 5. The minimum Gasteiger partial charge on any atom is -0.504 e. The zero-order chi connectivity index (χ0) is 18.9. The summed E-state index contributed by atoms with van der Waals surface area (Å²) in [6.07, 6.45) is 0. The molecule has 136 valence electrons. The molecule has 0 bridgehead atoms. The third-order valence-electron chi connectivity index (χ3n) is 3.41. The zero-order valence-electron chi connectivity index (χ0n) is 13.0. The van der Waals surface area contributed by atoms with Gasteiger partial charge in [-0.05, 0) is 0 Å². The average Bonchev–Trinajstić information content (AvgIpc) is 2.58. The number of phenols is 2. The van der Waals surface area contributed by atoms with Gasteiger partial charge in [0.15, 0.2) is 16.9 Å². The molecule has 10 heteroatoms. The minimum absolute atomic E-state index is 0.0853. The van der Waals surface area contributed by atoms with E-state index in [1.165, 1.54) is 6.07 Å². The molecule has 1 aromatic heterocycles. The second-order valence-corrected chi connectivity index (χ2v) is 6.41. The number of benzene rings is 2. The fourth-order valence-corrected chi connectivity index (χ4v) is 2.49. The van der Waals surface area contributed by atoms with E-state index in [-0.39, 0.29) is 16.7 Å². The van der Waals surface area contributed by atoms with Crippen LogP contribution >= 0.6 is 7.82 Å². The van der Waals surface area contributed by atoms with Gasteiger partial charge in [-0.15, -0.1) is 0 Å². The molecule has 26 heavy (non-hydrogen) atoms. The normalized spacial score (nSPS) is 11.6. The van der Waals surface area contributed by atoms with Crippen molar-refractivity contribution in [3.05, 3.63) is 52.7 Å². The van der Waals surface area contributed by atoms with Gasteiger partial charge in [0.05, 0.1) is 0 Å². The van der Waals surface area contributed by atoms with Gasteiger partial charge in [0.25, 0.3) is 0 Å². The molecule has 0 amide bonds. The summed E-state index contributed by atoms with van der Waals surface area (Å²) in [5, 5.41) is 19.5. The van der Waals surface area contributed by atoms with Crippen LogP contribution in [0.3, 0.4) is 0 Å². The van der Waals surface area contributed by atoms with Crippen LogP contribution in [0.2, 0.25) is 0 Å². The molecule has 0 radical (unpaired) electrons. The molecule has 0 spiro atoms. The van der Waals surface area contributed by atoms with Crippen LogP contribution in [0.5, 0.6) is 17.2 Å². The summed E-state index contributed by atoms with van der Waals surface area (Å²) in [4.78, 5) is 29.8. The standard InChI is InChI=1S/C16H13O9P/c17-10-6-12(9-4-2-1-3-5-9)25-13-7-11(18)15(19)16(14(10)13)23-8-24-26(20,21)22/h1-7,18-19H,8H2,(H2,20,21,22). The Morgan fingerprint density at radius 2 is 1.77 bits per heavy atom. The number of fused-ring (bicyclic) bond motifs is 1. The van der Waals surface area contributed by atoms with E-state index < -0.39 is 37.3 Å². The van der Waals surface area contributed by atoms with Gasteiger partial charge in [-0.25, -0.2) is 9.09 Å². The van der Waals surface area contributed by atoms with Gasteiger partial charge < -0.3 is 29.2 Å². The first-order valence-electron chi connectivity index (χ1n) is 7.17. The molecule has 0 fully saturated rings. The highest BCUT2D eigenvalue weighted by Crippen LogP contribution is 2.42. The average molecular weight is 380 g/mol. The fourth-order valence-electron chi connectivity index (χ4n) is 2.30. The summed E-state index contributed by atoms with van der Waals surface area (Å²) in [5.41, 5.74) is -0.0595. The van der Waals surface area contributed by atoms with Crippen LogP contribution < -0.4 is 10.2 Å². The largest absolute Gasteiger partial charge is 0.504 e. The van der Waals surface area contributed by atoms with E-state index >= 15 is 0 Å². The Balaban J connectivity index is 2.11. The fraction of sp³-hybridized carbons (Fsp3) is 0.0625. The predicted octanol–water partition coefficient (Wildman–Crippen LogP) is 2.32. The van der Waals surface area contributed by atoms with Crippen LogP contribution in [0.25, 0.3) is 22.3 Å². The number of aromatic hydroxyl groups is 2. The van der Waals surface area contributed by atoms with Crippen molar-refractivity contribution in [2.24, 2.45) is 0 Å². The Hall–Kier alpha value is -2.84. The van der Waals surface area contributed by atoms with Gasteiger partial charge >= 0.3 is 7.82 Å². The number of phosphoric ester groups is 1. The molecule has 0 atom stereocenters. The molecule has 0 saturated carbocycles. The smallest absolute Gasteiger partial charge is 0.472 e. The number of hydrogen-bond donors (Lipinski definition) is 4. The zero-order valence-corrected chi connectivity index (χ0v) is 13.9. The first-order valence-corrected chi connectivity index (χ1v) is 8.70. The first kappa shape index (κ1) is 18.0. The van der Waals surface area contributed by atoms with Crippen LogP contribution in [0, 0.1) is 0 Å². The van der Waals surface area contributed by atoms with Crippen LogP contribution in [0.1, 0.15) is 0 Å². The lowest BCUT2D eigenvalue weighted by Crippen LogP contribution is -2.07. The Kier molecular flexibility index (Phi) is 4.71. The van der Waals surface area contributed by atoms with Crippen LogP contribution in [0.4, 0.5) is 0 Å². The summed E-state index contributed by atoms with van der Waals surface area (Å²) >= 11 is 0. The van der Waals surface area contributed by atoms with Crippen molar-refractivity contribution in [2.75, 3.05) is 6.79 Å². The van der Waals surface area contributed by atoms with Gasteiger partial charge in [0.2, 0.25) is 12.5 Å². The number of phenolic OH excluding ortho intramolecular Hbond substituents is 2. The highest BCUT2D eigenvalue weighted by Gasteiger charge is 2.21. The summed E-state index contributed by atoms with van der Waals surface area (Å²) in [7, 11) is -4.82. The molecule has 4 N–H and O–H groups in total.